The molecule has 0 aromatic heterocycles. The van der Waals surface area contributed by atoms with Gasteiger partial charge < -0.3 is 10.6 Å². The van der Waals surface area contributed by atoms with E-state index in [1.165, 1.54) is 0 Å². The SMILES string of the molecule is CNC(C)CC1C=CC=CN1. The highest BCUT2D eigenvalue weighted by molar-refractivity contribution is 5.12. The summed E-state index contributed by atoms with van der Waals surface area (Å²) in [6.45, 7) is 2.19. The van der Waals surface area contributed by atoms with Crippen molar-refractivity contribution in [3.8, 4) is 0 Å². The topological polar surface area (TPSA) is 24.1 Å². The predicted molar refractivity (Wildman–Crippen MR) is 48.3 cm³/mol. The highest BCUT2D eigenvalue weighted by Gasteiger charge is 2.07. The van der Waals surface area contributed by atoms with Crippen molar-refractivity contribution in [2.75, 3.05) is 7.05 Å². The van der Waals surface area contributed by atoms with Gasteiger partial charge in [-0.15, -0.1) is 0 Å². The molecule has 2 atom stereocenters. The highest BCUT2D eigenvalue weighted by atomic mass is 14.9. The molecular weight excluding hydrogens is 136 g/mol. The Labute approximate surface area is 68.4 Å². The normalized spacial score (nSPS) is 24.7. The quantitative estimate of drug-likeness (QED) is 0.631. The summed E-state index contributed by atoms with van der Waals surface area (Å²) in [4.78, 5) is 0. The molecule has 0 aliphatic carbocycles. The first kappa shape index (κ1) is 8.34. The fourth-order valence-electron chi connectivity index (χ4n) is 1.13. The van der Waals surface area contributed by atoms with E-state index in [0.717, 1.165) is 6.42 Å². The molecule has 2 heteroatoms. The maximum Gasteiger partial charge on any atom is 0.0456 e. The zero-order valence-corrected chi connectivity index (χ0v) is 7.17. The fourth-order valence-corrected chi connectivity index (χ4v) is 1.13. The summed E-state index contributed by atoms with van der Waals surface area (Å²) in [6.07, 6.45) is 9.42. The van der Waals surface area contributed by atoms with E-state index in [2.05, 4.69) is 29.7 Å². The van der Waals surface area contributed by atoms with Crippen LogP contribution in [0.25, 0.3) is 0 Å². The lowest BCUT2D eigenvalue weighted by atomic mass is 10.1. The third-order valence-corrected chi connectivity index (χ3v) is 1.96. The van der Waals surface area contributed by atoms with Gasteiger partial charge >= 0.3 is 0 Å². The Bertz CT molecular complexity index is 161. The Balaban J connectivity index is 2.27. The fraction of sp³-hybridized carbons (Fsp3) is 0.556. The molecule has 0 fully saturated rings. The second-order valence-electron chi connectivity index (χ2n) is 2.94. The Morgan fingerprint density at radius 1 is 1.55 bits per heavy atom. The van der Waals surface area contributed by atoms with Gasteiger partial charge in [-0.1, -0.05) is 12.2 Å². The summed E-state index contributed by atoms with van der Waals surface area (Å²) in [5, 5.41) is 6.49. The number of allylic oxidation sites excluding steroid dienone is 2. The third-order valence-electron chi connectivity index (χ3n) is 1.96. The molecule has 1 rings (SSSR count). The van der Waals surface area contributed by atoms with E-state index in [0.29, 0.717) is 12.1 Å². The molecular formula is C9H16N2. The first-order valence-corrected chi connectivity index (χ1v) is 4.09. The lowest BCUT2D eigenvalue weighted by Crippen LogP contribution is -2.32. The lowest BCUT2D eigenvalue weighted by molar-refractivity contribution is 0.503. The maximum atomic E-state index is 3.28. The lowest BCUT2D eigenvalue weighted by Gasteiger charge is -2.19. The van der Waals surface area contributed by atoms with Crippen LogP contribution in [0.2, 0.25) is 0 Å². The van der Waals surface area contributed by atoms with Crippen LogP contribution in [0.3, 0.4) is 0 Å². The van der Waals surface area contributed by atoms with E-state index in [1.807, 2.05) is 19.3 Å². The average Bonchev–Trinajstić information content (AvgIpc) is 2.06. The molecule has 2 N–H and O–H groups in total. The van der Waals surface area contributed by atoms with Crippen LogP contribution < -0.4 is 10.6 Å². The van der Waals surface area contributed by atoms with E-state index >= 15 is 0 Å². The largest absolute Gasteiger partial charge is 0.385 e. The van der Waals surface area contributed by atoms with Crippen LogP contribution >= 0.6 is 0 Å². The molecule has 0 saturated heterocycles. The van der Waals surface area contributed by atoms with Crippen molar-refractivity contribution < 1.29 is 0 Å². The van der Waals surface area contributed by atoms with Gasteiger partial charge in [0.1, 0.15) is 0 Å². The van der Waals surface area contributed by atoms with E-state index in [1.54, 1.807) is 0 Å². The van der Waals surface area contributed by atoms with Crippen molar-refractivity contribution >= 4 is 0 Å². The zero-order chi connectivity index (χ0) is 8.10. The van der Waals surface area contributed by atoms with Crippen LogP contribution in [0, 0.1) is 0 Å². The summed E-state index contributed by atoms with van der Waals surface area (Å²) >= 11 is 0. The Hall–Kier alpha value is -0.760. The van der Waals surface area contributed by atoms with Crippen LogP contribution in [0.5, 0.6) is 0 Å². The molecule has 62 valence electrons. The second kappa shape index (κ2) is 4.19. The van der Waals surface area contributed by atoms with Gasteiger partial charge in [-0.3, -0.25) is 0 Å². The molecule has 1 heterocycles. The molecule has 0 saturated carbocycles. The smallest absolute Gasteiger partial charge is 0.0456 e. The number of dihydropyridines is 1. The number of nitrogens with one attached hydrogen (secondary N) is 2. The predicted octanol–water partition coefficient (Wildman–Crippen LogP) is 1.03. The molecule has 1 aliphatic heterocycles. The molecule has 2 nitrogen and oxygen atoms in total. The summed E-state index contributed by atoms with van der Waals surface area (Å²) in [5.41, 5.74) is 0. The minimum Gasteiger partial charge on any atom is -0.385 e. The Kier molecular flexibility index (Phi) is 3.17. The zero-order valence-electron chi connectivity index (χ0n) is 7.17. The van der Waals surface area contributed by atoms with Crippen molar-refractivity contribution in [2.24, 2.45) is 0 Å². The van der Waals surface area contributed by atoms with Gasteiger partial charge in [0.2, 0.25) is 0 Å². The van der Waals surface area contributed by atoms with Gasteiger partial charge in [0.05, 0.1) is 0 Å². The van der Waals surface area contributed by atoms with Gasteiger partial charge in [0.15, 0.2) is 0 Å². The van der Waals surface area contributed by atoms with Gasteiger partial charge in [0, 0.05) is 12.1 Å². The van der Waals surface area contributed by atoms with Crippen molar-refractivity contribution in [3.63, 3.8) is 0 Å². The minimum absolute atomic E-state index is 0.502. The Morgan fingerprint density at radius 3 is 2.91 bits per heavy atom. The molecule has 0 radical (unpaired) electrons. The molecule has 1 aliphatic rings. The second-order valence-corrected chi connectivity index (χ2v) is 2.94. The van der Waals surface area contributed by atoms with E-state index in [-0.39, 0.29) is 0 Å². The van der Waals surface area contributed by atoms with Crippen LogP contribution in [0.15, 0.2) is 24.4 Å². The number of rotatable bonds is 3. The van der Waals surface area contributed by atoms with Crippen molar-refractivity contribution in [2.45, 2.75) is 25.4 Å². The minimum atomic E-state index is 0.502. The van der Waals surface area contributed by atoms with Crippen molar-refractivity contribution in [1.29, 1.82) is 0 Å². The first-order valence-electron chi connectivity index (χ1n) is 4.09. The monoisotopic (exact) mass is 152 g/mol. The summed E-state index contributed by atoms with van der Waals surface area (Å²) < 4.78 is 0. The molecule has 0 aromatic rings. The van der Waals surface area contributed by atoms with Gasteiger partial charge in [0.25, 0.3) is 0 Å². The summed E-state index contributed by atoms with van der Waals surface area (Å²) in [7, 11) is 1.99. The maximum absolute atomic E-state index is 3.28. The third kappa shape index (κ3) is 2.76. The molecule has 0 aromatic carbocycles. The summed E-state index contributed by atoms with van der Waals surface area (Å²) in [5.74, 6) is 0. The standard InChI is InChI=1S/C9H16N2/c1-8(10-2)7-9-5-3-4-6-11-9/h3-6,8-11H,7H2,1-2H3. The number of hydrogen-bond donors (Lipinski definition) is 2. The van der Waals surface area contributed by atoms with Crippen LogP contribution in [0.1, 0.15) is 13.3 Å². The van der Waals surface area contributed by atoms with Gasteiger partial charge in [-0.25, -0.2) is 0 Å². The number of hydrogen-bond acceptors (Lipinski definition) is 2. The average molecular weight is 152 g/mol. The summed E-state index contributed by atoms with van der Waals surface area (Å²) in [6, 6.07) is 1.08. The highest BCUT2D eigenvalue weighted by Crippen LogP contribution is 2.02. The molecule has 0 bridgehead atoms. The molecule has 0 spiro atoms. The van der Waals surface area contributed by atoms with Crippen LogP contribution in [-0.2, 0) is 0 Å². The van der Waals surface area contributed by atoms with Crippen molar-refractivity contribution in [3.05, 3.63) is 24.4 Å². The van der Waals surface area contributed by atoms with Crippen molar-refractivity contribution in [1.82, 2.24) is 10.6 Å². The van der Waals surface area contributed by atoms with Crippen LogP contribution in [0.4, 0.5) is 0 Å². The van der Waals surface area contributed by atoms with E-state index in [9.17, 15) is 0 Å². The molecule has 11 heavy (non-hydrogen) atoms. The van der Waals surface area contributed by atoms with E-state index in [4.69, 9.17) is 0 Å². The molecule has 0 amide bonds. The Morgan fingerprint density at radius 2 is 2.36 bits per heavy atom. The van der Waals surface area contributed by atoms with Gasteiger partial charge in [-0.2, -0.15) is 0 Å². The first-order chi connectivity index (χ1) is 5.33. The molecule has 2 unspecified atom stereocenters. The van der Waals surface area contributed by atoms with Crippen LogP contribution in [-0.4, -0.2) is 19.1 Å². The van der Waals surface area contributed by atoms with Gasteiger partial charge in [-0.05, 0) is 32.7 Å². The van der Waals surface area contributed by atoms with E-state index < -0.39 is 0 Å².